The maximum atomic E-state index is 12.9. The Morgan fingerprint density at radius 2 is 2.04 bits per heavy atom. The summed E-state index contributed by atoms with van der Waals surface area (Å²) in [6.07, 6.45) is 3.21. The lowest BCUT2D eigenvalue weighted by molar-refractivity contribution is 0.0534. The first kappa shape index (κ1) is 16.6. The molecule has 0 radical (unpaired) electrons. The Morgan fingerprint density at radius 3 is 2.77 bits per heavy atom. The predicted octanol–water partition coefficient (Wildman–Crippen LogP) is 3.10. The number of likely N-dealkylation sites (tertiary alicyclic amines) is 1. The molecule has 134 valence electrons. The van der Waals surface area contributed by atoms with Crippen molar-refractivity contribution in [2.45, 2.75) is 18.3 Å². The second-order valence-electron chi connectivity index (χ2n) is 6.69. The van der Waals surface area contributed by atoms with E-state index in [0.29, 0.717) is 24.6 Å². The van der Waals surface area contributed by atoms with E-state index in [1.807, 2.05) is 30.3 Å². The first-order valence-corrected chi connectivity index (χ1v) is 8.68. The first-order chi connectivity index (χ1) is 12.7. The second kappa shape index (κ2) is 6.80. The van der Waals surface area contributed by atoms with Crippen LogP contribution in [0.1, 0.15) is 28.9 Å². The quantitative estimate of drug-likeness (QED) is 0.780. The average Bonchev–Trinajstić information content (AvgIpc) is 3.39. The molecule has 1 amide bonds. The van der Waals surface area contributed by atoms with Gasteiger partial charge in [0.05, 0.1) is 12.9 Å². The van der Waals surface area contributed by atoms with Crippen LogP contribution in [0, 0.1) is 0 Å². The van der Waals surface area contributed by atoms with E-state index in [1.165, 1.54) is 0 Å². The molecule has 1 aromatic carbocycles. The smallest absolute Gasteiger partial charge is 0.276 e. The first-order valence-electron chi connectivity index (χ1n) is 8.68. The molecule has 1 saturated heterocycles. The molecule has 26 heavy (non-hydrogen) atoms. The van der Waals surface area contributed by atoms with E-state index in [1.54, 1.807) is 29.4 Å². The number of piperidine rings is 1. The van der Waals surface area contributed by atoms with E-state index in [2.05, 4.69) is 5.16 Å². The zero-order valence-corrected chi connectivity index (χ0v) is 14.3. The SMILES string of the molecule is O=C(c1cc(-c2ccco2)on1)N1CCCC(CO)(c2ccccc2)C1. The number of rotatable bonds is 4. The van der Waals surface area contributed by atoms with Gasteiger partial charge in [0.1, 0.15) is 0 Å². The fraction of sp³-hybridized carbons (Fsp3) is 0.300. The molecule has 1 fully saturated rings. The zero-order valence-electron chi connectivity index (χ0n) is 14.3. The van der Waals surface area contributed by atoms with Crippen LogP contribution in [-0.4, -0.2) is 40.8 Å². The fourth-order valence-corrected chi connectivity index (χ4v) is 3.63. The minimum absolute atomic E-state index is 0.00272. The number of nitrogens with zero attached hydrogens (tertiary/aromatic N) is 2. The largest absolute Gasteiger partial charge is 0.461 e. The van der Waals surface area contributed by atoms with E-state index in [9.17, 15) is 9.90 Å². The Morgan fingerprint density at radius 1 is 1.19 bits per heavy atom. The summed E-state index contributed by atoms with van der Waals surface area (Å²) in [5.41, 5.74) is 0.859. The monoisotopic (exact) mass is 352 g/mol. The lowest BCUT2D eigenvalue weighted by Gasteiger charge is -2.42. The number of benzene rings is 1. The van der Waals surface area contributed by atoms with E-state index in [-0.39, 0.29) is 18.2 Å². The molecule has 0 bridgehead atoms. The van der Waals surface area contributed by atoms with Crippen molar-refractivity contribution in [1.29, 1.82) is 0 Å². The Bertz CT molecular complexity index is 872. The summed E-state index contributed by atoms with van der Waals surface area (Å²) in [5, 5.41) is 14.0. The molecule has 0 spiro atoms. The van der Waals surface area contributed by atoms with Crippen molar-refractivity contribution < 1.29 is 18.8 Å². The van der Waals surface area contributed by atoms with Gasteiger partial charge in [0.2, 0.25) is 5.76 Å². The molecule has 3 aromatic rings. The second-order valence-corrected chi connectivity index (χ2v) is 6.69. The van der Waals surface area contributed by atoms with Gasteiger partial charge in [-0.05, 0) is 30.5 Å². The molecular formula is C20H20N2O4. The van der Waals surface area contributed by atoms with Gasteiger partial charge in [-0.2, -0.15) is 0 Å². The number of aliphatic hydroxyl groups excluding tert-OH is 1. The van der Waals surface area contributed by atoms with Crippen LogP contribution in [0.15, 0.2) is 63.7 Å². The van der Waals surface area contributed by atoms with Crippen molar-refractivity contribution >= 4 is 5.91 Å². The van der Waals surface area contributed by atoms with E-state index >= 15 is 0 Å². The lowest BCUT2D eigenvalue weighted by atomic mass is 9.74. The minimum atomic E-state index is -0.442. The maximum absolute atomic E-state index is 12.9. The van der Waals surface area contributed by atoms with Gasteiger partial charge in [0.25, 0.3) is 5.91 Å². The van der Waals surface area contributed by atoms with Gasteiger partial charge < -0.3 is 18.9 Å². The lowest BCUT2D eigenvalue weighted by Crippen LogP contribution is -2.50. The van der Waals surface area contributed by atoms with Gasteiger partial charge >= 0.3 is 0 Å². The van der Waals surface area contributed by atoms with E-state index in [4.69, 9.17) is 8.94 Å². The maximum Gasteiger partial charge on any atom is 0.276 e. The van der Waals surface area contributed by atoms with Gasteiger partial charge in [-0.15, -0.1) is 0 Å². The molecule has 1 atom stereocenters. The van der Waals surface area contributed by atoms with Crippen LogP contribution < -0.4 is 0 Å². The van der Waals surface area contributed by atoms with Crippen molar-refractivity contribution in [2.75, 3.05) is 19.7 Å². The summed E-state index contributed by atoms with van der Waals surface area (Å²) in [5.74, 6) is 0.760. The Labute approximate surface area is 151 Å². The van der Waals surface area contributed by atoms with Crippen LogP contribution in [0.4, 0.5) is 0 Å². The molecule has 0 saturated carbocycles. The van der Waals surface area contributed by atoms with Crippen molar-refractivity contribution in [3.63, 3.8) is 0 Å². The van der Waals surface area contributed by atoms with Crippen LogP contribution in [0.5, 0.6) is 0 Å². The molecular weight excluding hydrogens is 332 g/mol. The van der Waals surface area contributed by atoms with Crippen LogP contribution in [-0.2, 0) is 5.41 Å². The van der Waals surface area contributed by atoms with E-state index < -0.39 is 5.41 Å². The summed E-state index contributed by atoms with van der Waals surface area (Å²) < 4.78 is 10.5. The molecule has 1 N–H and O–H groups in total. The highest BCUT2D eigenvalue weighted by Crippen LogP contribution is 2.34. The minimum Gasteiger partial charge on any atom is -0.461 e. The predicted molar refractivity (Wildman–Crippen MR) is 94.5 cm³/mol. The Hall–Kier alpha value is -2.86. The highest BCUT2D eigenvalue weighted by Gasteiger charge is 2.39. The number of aromatic nitrogens is 1. The molecule has 2 aromatic heterocycles. The van der Waals surface area contributed by atoms with Crippen LogP contribution in [0.2, 0.25) is 0 Å². The molecule has 6 nitrogen and oxygen atoms in total. The topological polar surface area (TPSA) is 79.7 Å². The van der Waals surface area contributed by atoms with Gasteiger partial charge in [0, 0.05) is 24.6 Å². The summed E-state index contributed by atoms with van der Waals surface area (Å²) in [7, 11) is 0. The standard InChI is InChI=1S/C20H20N2O4/c23-14-20(15-6-2-1-3-7-15)9-5-10-22(13-20)19(24)16-12-18(26-21-16)17-8-4-11-25-17/h1-4,6-8,11-12,23H,5,9-10,13-14H2. The summed E-state index contributed by atoms with van der Waals surface area (Å²) >= 11 is 0. The number of amides is 1. The molecule has 1 aliphatic rings. The summed E-state index contributed by atoms with van der Waals surface area (Å²) in [4.78, 5) is 14.7. The molecule has 4 rings (SSSR count). The summed E-state index contributed by atoms with van der Waals surface area (Å²) in [6.45, 7) is 1.09. The number of hydrogen-bond donors (Lipinski definition) is 1. The average molecular weight is 352 g/mol. The van der Waals surface area contributed by atoms with Crippen LogP contribution in [0.3, 0.4) is 0 Å². The molecule has 1 aliphatic heterocycles. The van der Waals surface area contributed by atoms with Crippen molar-refractivity contribution in [3.8, 4) is 11.5 Å². The van der Waals surface area contributed by atoms with E-state index in [0.717, 1.165) is 18.4 Å². The molecule has 6 heteroatoms. The molecule has 3 heterocycles. The fourth-order valence-electron chi connectivity index (χ4n) is 3.63. The van der Waals surface area contributed by atoms with Crippen LogP contribution >= 0.6 is 0 Å². The third kappa shape index (κ3) is 2.93. The van der Waals surface area contributed by atoms with Gasteiger partial charge in [-0.1, -0.05) is 35.5 Å². The van der Waals surface area contributed by atoms with Gasteiger partial charge in [0.15, 0.2) is 11.5 Å². The van der Waals surface area contributed by atoms with Crippen LogP contribution in [0.25, 0.3) is 11.5 Å². The third-order valence-corrected chi connectivity index (χ3v) is 5.05. The number of hydrogen-bond acceptors (Lipinski definition) is 5. The highest BCUT2D eigenvalue weighted by atomic mass is 16.5. The van der Waals surface area contributed by atoms with Gasteiger partial charge in [-0.25, -0.2) is 0 Å². The molecule has 0 aliphatic carbocycles. The Kier molecular flexibility index (Phi) is 4.34. The molecule has 1 unspecified atom stereocenters. The third-order valence-electron chi connectivity index (χ3n) is 5.05. The van der Waals surface area contributed by atoms with Gasteiger partial charge in [-0.3, -0.25) is 4.79 Å². The Balaban J connectivity index is 1.57. The highest BCUT2D eigenvalue weighted by molar-refractivity contribution is 5.93. The number of aliphatic hydroxyl groups is 1. The van der Waals surface area contributed by atoms with Crippen molar-refractivity contribution in [3.05, 3.63) is 66.1 Å². The zero-order chi connectivity index (χ0) is 18.0. The summed E-state index contributed by atoms with van der Waals surface area (Å²) in [6, 6.07) is 15.0. The normalized spacial score (nSPS) is 20.3. The van der Waals surface area contributed by atoms with Crippen molar-refractivity contribution in [1.82, 2.24) is 10.1 Å². The van der Waals surface area contributed by atoms with Crippen molar-refractivity contribution in [2.24, 2.45) is 0 Å². The number of carbonyl (C=O) groups excluding carboxylic acids is 1. The number of furan rings is 1. The number of carbonyl (C=O) groups is 1.